The molecular formula is C9H18N2O3. The molecule has 14 heavy (non-hydrogen) atoms. The summed E-state index contributed by atoms with van der Waals surface area (Å²) in [6.45, 7) is 0.907. The molecule has 0 heterocycles. The predicted octanol–water partition coefficient (Wildman–Crippen LogP) is -0.383. The van der Waals surface area contributed by atoms with Crippen LogP contribution < -0.4 is 5.32 Å². The molecule has 0 saturated heterocycles. The number of carbonyl (C=O) groups is 2. The van der Waals surface area contributed by atoms with Crippen molar-refractivity contribution in [3.8, 4) is 0 Å². The van der Waals surface area contributed by atoms with E-state index in [1.54, 1.807) is 19.0 Å². The molecule has 5 heteroatoms. The molecule has 0 saturated carbocycles. The maximum atomic E-state index is 11.2. The van der Waals surface area contributed by atoms with Crippen LogP contribution in [0, 0.1) is 0 Å². The van der Waals surface area contributed by atoms with Crippen LogP contribution in [-0.2, 0) is 14.3 Å². The lowest BCUT2D eigenvalue weighted by atomic mass is 10.3. The van der Waals surface area contributed by atoms with Crippen LogP contribution in [0.25, 0.3) is 0 Å². The molecule has 0 aliphatic heterocycles. The van der Waals surface area contributed by atoms with E-state index in [1.807, 2.05) is 0 Å². The van der Waals surface area contributed by atoms with Crippen LogP contribution in [0.1, 0.15) is 12.8 Å². The molecule has 0 aliphatic rings. The molecule has 0 aliphatic carbocycles. The lowest BCUT2D eigenvalue weighted by molar-refractivity contribution is -0.141. The highest BCUT2D eigenvalue weighted by atomic mass is 16.5. The van der Waals surface area contributed by atoms with E-state index in [2.05, 4.69) is 10.1 Å². The minimum Gasteiger partial charge on any atom is -0.469 e. The van der Waals surface area contributed by atoms with Gasteiger partial charge in [-0.2, -0.15) is 0 Å². The van der Waals surface area contributed by atoms with Gasteiger partial charge in [0.05, 0.1) is 13.7 Å². The lowest BCUT2D eigenvalue weighted by Gasteiger charge is -2.16. The molecule has 0 rings (SSSR count). The number of hydrogen-bond donors (Lipinski definition) is 1. The molecular weight excluding hydrogens is 184 g/mol. The van der Waals surface area contributed by atoms with Gasteiger partial charge in [0.25, 0.3) is 0 Å². The standard InChI is InChI=1S/C9H18N2O3/c1-10-7-8(12)11(2)6-4-5-9(13)14-3/h10H,4-7H2,1-3H3. The first-order valence-electron chi connectivity index (χ1n) is 4.57. The second-order valence-electron chi connectivity index (χ2n) is 3.03. The quantitative estimate of drug-likeness (QED) is 0.596. The first kappa shape index (κ1) is 12.9. The maximum absolute atomic E-state index is 11.2. The molecule has 0 aromatic rings. The summed E-state index contributed by atoms with van der Waals surface area (Å²) < 4.78 is 4.49. The minimum absolute atomic E-state index is 0.0253. The number of likely N-dealkylation sites (N-methyl/N-ethyl adjacent to an activating group) is 2. The number of nitrogens with zero attached hydrogens (tertiary/aromatic N) is 1. The van der Waals surface area contributed by atoms with Gasteiger partial charge in [0.2, 0.25) is 5.91 Å². The molecule has 82 valence electrons. The van der Waals surface area contributed by atoms with Crippen molar-refractivity contribution in [3.05, 3.63) is 0 Å². The Kier molecular flexibility index (Phi) is 6.74. The molecule has 0 atom stereocenters. The van der Waals surface area contributed by atoms with Gasteiger partial charge in [-0.25, -0.2) is 0 Å². The van der Waals surface area contributed by atoms with Crippen molar-refractivity contribution >= 4 is 11.9 Å². The second-order valence-corrected chi connectivity index (χ2v) is 3.03. The summed E-state index contributed by atoms with van der Waals surface area (Å²) in [5.74, 6) is -0.211. The summed E-state index contributed by atoms with van der Waals surface area (Å²) in [7, 11) is 4.80. The topological polar surface area (TPSA) is 58.6 Å². The fraction of sp³-hybridized carbons (Fsp3) is 0.778. The van der Waals surface area contributed by atoms with Gasteiger partial charge in [0.15, 0.2) is 0 Å². The maximum Gasteiger partial charge on any atom is 0.305 e. The summed E-state index contributed by atoms with van der Waals surface area (Å²) in [5, 5.41) is 2.78. The fourth-order valence-corrected chi connectivity index (χ4v) is 0.974. The van der Waals surface area contributed by atoms with Gasteiger partial charge in [-0.3, -0.25) is 9.59 Å². The van der Waals surface area contributed by atoms with Crippen molar-refractivity contribution in [2.75, 3.05) is 34.3 Å². The van der Waals surface area contributed by atoms with E-state index in [0.717, 1.165) is 0 Å². The average molecular weight is 202 g/mol. The van der Waals surface area contributed by atoms with E-state index in [1.165, 1.54) is 7.11 Å². The molecule has 0 aromatic carbocycles. The van der Waals surface area contributed by atoms with Crippen LogP contribution >= 0.6 is 0 Å². The van der Waals surface area contributed by atoms with E-state index >= 15 is 0 Å². The zero-order valence-electron chi connectivity index (χ0n) is 9.00. The molecule has 0 fully saturated rings. The third-order valence-electron chi connectivity index (χ3n) is 1.86. The van der Waals surface area contributed by atoms with Crippen LogP contribution in [-0.4, -0.2) is 51.1 Å². The molecule has 0 radical (unpaired) electrons. The normalized spacial score (nSPS) is 9.64. The Labute approximate surface area is 84.4 Å². The first-order valence-corrected chi connectivity index (χ1v) is 4.57. The number of carbonyl (C=O) groups excluding carboxylic acids is 2. The predicted molar refractivity (Wildman–Crippen MR) is 52.8 cm³/mol. The summed E-state index contributed by atoms with van der Waals surface area (Å²) in [6.07, 6.45) is 0.992. The fourth-order valence-electron chi connectivity index (χ4n) is 0.974. The smallest absolute Gasteiger partial charge is 0.305 e. The van der Waals surface area contributed by atoms with Crippen LogP contribution in [0.2, 0.25) is 0 Å². The van der Waals surface area contributed by atoms with Gasteiger partial charge < -0.3 is 15.0 Å². The van der Waals surface area contributed by atoms with Gasteiger partial charge in [-0.15, -0.1) is 0 Å². The zero-order valence-corrected chi connectivity index (χ0v) is 9.00. The Balaban J connectivity index is 3.58. The van der Waals surface area contributed by atoms with E-state index in [0.29, 0.717) is 25.9 Å². The SMILES string of the molecule is CNCC(=O)N(C)CCCC(=O)OC. The largest absolute Gasteiger partial charge is 0.469 e. The number of ether oxygens (including phenoxy) is 1. The summed E-state index contributed by atoms with van der Waals surface area (Å²) in [5.41, 5.74) is 0. The third kappa shape index (κ3) is 5.53. The highest BCUT2D eigenvalue weighted by molar-refractivity contribution is 5.78. The van der Waals surface area contributed by atoms with Crippen LogP contribution in [0.5, 0.6) is 0 Å². The minimum atomic E-state index is -0.237. The Bertz CT molecular complexity index is 194. The molecule has 0 spiro atoms. The molecule has 1 N–H and O–H groups in total. The van der Waals surface area contributed by atoms with Crippen LogP contribution in [0.4, 0.5) is 0 Å². The first-order chi connectivity index (χ1) is 6.61. The molecule has 0 bridgehead atoms. The number of nitrogens with one attached hydrogen (secondary N) is 1. The van der Waals surface area contributed by atoms with Gasteiger partial charge in [0.1, 0.15) is 0 Å². The van der Waals surface area contributed by atoms with E-state index in [4.69, 9.17) is 0 Å². The van der Waals surface area contributed by atoms with Gasteiger partial charge in [0, 0.05) is 20.0 Å². The number of hydrogen-bond acceptors (Lipinski definition) is 4. The van der Waals surface area contributed by atoms with Crippen molar-refractivity contribution < 1.29 is 14.3 Å². The third-order valence-corrected chi connectivity index (χ3v) is 1.86. The van der Waals surface area contributed by atoms with E-state index < -0.39 is 0 Å². The van der Waals surface area contributed by atoms with E-state index in [9.17, 15) is 9.59 Å². The average Bonchev–Trinajstić information content (AvgIpc) is 2.17. The second kappa shape index (κ2) is 7.32. The van der Waals surface area contributed by atoms with Crippen molar-refractivity contribution in [2.45, 2.75) is 12.8 Å². The van der Waals surface area contributed by atoms with Gasteiger partial charge in [-0.05, 0) is 13.5 Å². The summed E-state index contributed by atoms with van der Waals surface area (Å²) in [6, 6.07) is 0. The van der Waals surface area contributed by atoms with Gasteiger partial charge >= 0.3 is 5.97 Å². The van der Waals surface area contributed by atoms with Crippen LogP contribution in [0.15, 0.2) is 0 Å². The molecule has 5 nitrogen and oxygen atoms in total. The van der Waals surface area contributed by atoms with Crippen molar-refractivity contribution in [2.24, 2.45) is 0 Å². The highest BCUT2D eigenvalue weighted by Gasteiger charge is 2.07. The number of rotatable bonds is 6. The lowest BCUT2D eigenvalue weighted by Crippen LogP contribution is -2.34. The Morgan fingerprint density at radius 2 is 2.07 bits per heavy atom. The Hall–Kier alpha value is -1.10. The van der Waals surface area contributed by atoms with Crippen LogP contribution in [0.3, 0.4) is 0 Å². The Morgan fingerprint density at radius 3 is 2.57 bits per heavy atom. The van der Waals surface area contributed by atoms with Gasteiger partial charge in [-0.1, -0.05) is 0 Å². The number of esters is 1. The molecule has 0 unspecified atom stereocenters. The van der Waals surface area contributed by atoms with Crippen molar-refractivity contribution in [3.63, 3.8) is 0 Å². The molecule has 0 aromatic heterocycles. The monoisotopic (exact) mass is 202 g/mol. The van der Waals surface area contributed by atoms with Crippen molar-refractivity contribution in [1.29, 1.82) is 0 Å². The zero-order chi connectivity index (χ0) is 11.0. The van der Waals surface area contributed by atoms with E-state index in [-0.39, 0.29) is 11.9 Å². The number of amides is 1. The number of methoxy groups -OCH3 is 1. The summed E-state index contributed by atoms with van der Waals surface area (Å²) in [4.78, 5) is 23.6. The molecule has 1 amide bonds. The van der Waals surface area contributed by atoms with Crippen molar-refractivity contribution in [1.82, 2.24) is 10.2 Å². The highest BCUT2D eigenvalue weighted by Crippen LogP contribution is 1.94. The summed E-state index contributed by atoms with van der Waals surface area (Å²) >= 11 is 0. The Morgan fingerprint density at radius 1 is 1.43 bits per heavy atom.